The van der Waals surface area contributed by atoms with E-state index < -0.39 is 5.79 Å². The number of fused-ring (bicyclic) bond motifs is 1. The van der Waals surface area contributed by atoms with E-state index in [4.69, 9.17) is 21.1 Å². The first kappa shape index (κ1) is 11.2. The molecule has 1 atom stereocenters. The summed E-state index contributed by atoms with van der Waals surface area (Å²) in [5, 5.41) is 4.13. The summed E-state index contributed by atoms with van der Waals surface area (Å²) in [5.41, 5.74) is 1.16. The molecule has 0 radical (unpaired) electrons. The van der Waals surface area contributed by atoms with Crippen molar-refractivity contribution in [3.8, 4) is 11.5 Å². The fourth-order valence-corrected chi connectivity index (χ4v) is 2.80. The maximum atomic E-state index is 6.32. The van der Waals surface area contributed by atoms with Crippen LogP contribution in [0, 0.1) is 0 Å². The van der Waals surface area contributed by atoms with Crippen LogP contribution >= 0.6 is 11.6 Å². The highest BCUT2D eigenvalue weighted by Gasteiger charge is 2.33. The highest BCUT2D eigenvalue weighted by molar-refractivity contribution is 6.31. The molecule has 2 aliphatic heterocycles. The second kappa shape index (κ2) is 3.79. The van der Waals surface area contributed by atoms with Crippen LogP contribution in [0.1, 0.15) is 31.7 Å². The van der Waals surface area contributed by atoms with E-state index in [-0.39, 0.29) is 0 Å². The average Bonchev–Trinajstić information content (AvgIpc) is 2.81. The van der Waals surface area contributed by atoms with E-state index in [1.165, 1.54) is 0 Å². The molecule has 1 unspecified atom stereocenters. The average molecular weight is 254 g/mol. The van der Waals surface area contributed by atoms with Gasteiger partial charge in [-0.1, -0.05) is 11.6 Å². The lowest BCUT2D eigenvalue weighted by Gasteiger charge is -2.16. The van der Waals surface area contributed by atoms with Crippen LogP contribution in [0.25, 0.3) is 0 Å². The molecule has 0 saturated carbocycles. The molecule has 17 heavy (non-hydrogen) atoms. The molecule has 1 aromatic rings. The van der Waals surface area contributed by atoms with Crippen LogP contribution in [-0.2, 0) is 0 Å². The minimum absolute atomic E-state index is 0.486. The van der Waals surface area contributed by atoms with E-state index >= 15 is 0 Å². The molecule has 1 fully saturated rings. The van der Waals surface area contributed by atoms with Gasteiger partial charge in [0.1, 0.15) is 0 Å². The number of benzene rings is 1. The quantitative estimate of drug-likeness (QED) is 0.835. The monoisotopic (exact) mass is 253 g/mol. The van der Waals surface area contributed by atoms with Gasteiger partial charge in [-0.15, -0.1) is 0 Å². The highest BCUT2D eigenvalue weighted by atomic mass is 35.5. The van der Waals surface area contributed by atoms with Crippen LogP contribution in [-0.4, -0.2) is 18.9 Å². The number of hydrogen-bond acceptors (Lipinski definition) is 3. The van der Waals surface area contributed by atoms with E-state index in [1.807, 2.05) is 26.0 Å². The molecule has 2 heterocycles. The molecular weight excluding hydrogens is 238 g/mol. The van der Waals surface area contributed by atoms with Gasteiger partial charge in [0.25, 0.3) is 0 Å². The predicted octanol–water partition coefficient (Wildman–Crippen LogP) is 2.92. The molecule has 1 N–H and O–H groups in total. The summed E-state index contributed by atoms with van der Waals surface area (Å²) in [5.74, 6) is 1.45. The van der Waals surface area contributed by atoms with Gasteiger partial charge in [-0.25, -0.2) is 0 Å². The Balaban J connectivity index is 1.97. The molecule has 0 aromatic heterocycles. The molecular formula is C13H16ClNO2. The largest absolute Gasteiger partial charge is 0.449 e. The minimum Gasteiger partial charge on any atom is -0.449 e. The third kappa shape index (κ3) is 1.98. The Labute approximate surface area is 106 Å². The fourth-order valence-electron chi connectivity index (χ4n) is 2.49. The zero-order valence-electron chi connectivity index (χ0n) is 10.0. The van der Waals surface area contributed by atoms with Gasteiger partial charge in [0, 0.05) is 31.5 Å². The van der Waals surface area contributed by atoms with Gasteiger partial charge in [0.05, 0.1) is 0 Å². The van der Waals surface area contributed by atoms with E-state index in [0.29, 0.717) is 5.92 Å². The minimum atomic E-state index is -0.585. The standard InChI is InChI=1S/C13H16ClNO2/c1-13(2)16-11-5-9(8-3-4-15-7-8)10(14)6-12(11)17-13/h5-6,8,15H,3-4,7H2,1-2H3. The number of rotatable bonds is 1. The van der Waals surface area contributed by atoms with Crippen molar-refractivity contribution < 1.29 is 9.47 Å². The van der Waals surface area contributed by atoms with Crippen molar-refractivity contribution in [2.45, 2.75) is 32.0 Å². The Hall–Kier alpha value is -0.930. The van der Waals surface area contributed by atoms with Crippen molar-refractivity contribution in [3.63, 3.8) is 0 Å². The Morgan fingerprint density at radius 3 is 2.65 bits per heavy atom. The third-order valence-corrected chi connectivity index (χ3v) is 3.60. The molecule has 1 saturated heterocycles. The van der Waals surface area contributed by atoms with Gasteiger partial charge in [0.15, 0.2) is 11.5 Å². The second-order valence-corrected chi connectivity index (χ2v) is 5.52. The molecule has 0 aliphatic carbocycles. The van der Waals surface area contributed by atoms with Gasteiger partial charge in [0.2, 0.25) is 5.79 Å². The summed E-state index contributed by atoms with van der Waals surface area (Å²) in [6.07, 6.45) is 1.13. The Kier molecular flexibility index (Phi) is 2.49. The highest BCUT2D eigenvalue weighted by Crippen LogP contribution is 2.44. The number of hydrogen-bond donors (Lipinski definition) is 1. The van der Waals surface area contributed by atoms with Gasteiger partial charge in [-0.05, 0) is 30.5 Å². The molecule has 2 aliphatic rings. The maximum absolute atomic E-state index is 6.32. The Morgan fingerprint density at radius 2 is 2.00 bits per heavy atom. The first-order valence-electron chi connectivity index (χ1n) is 5.97. The number of halogens is 1. The molecule has 3 rings (SSSR count). The Bertz CT molecular complexity index is 453. The predicted molar refractivity (Wildman–Crippen MR) is 67.0 cm³/mol. The van der Waals surface area contributed by atoms with Gasteiger partial charge in [-0.2, -0.15) is 0 Å². The number of nitrogens with one attached hydrogen (secondary N) is 1. The van der Waals surface area contributed by atoms with Crippen LogP contribution in [0.15, 0.2) is 12.1 Å². The zero-order chi connectivity index (χ0) is 12.0. The summed E-state index contributed by atoms with van der Waals surface area (Å²) < 4.78 is 11.4. The maximum Gasteiger partial charge on any atom is 0.246 e. The van der Waals surface area contributed by atoms with Crippen molar-refractivity contribution >= 4 is 11.6 Å². The van der Waals surface area contributed by atoms with Crippen molar-refractivity contribution in [1.82, 2.24) is 5.32 Å². The van der Waals surface area contributed by atoms with Gasteiger partial charge >= 0.3 is 0 Å². The lowest BCUT2D eigenvalue weighted by Crippen LogP contribution is -2.29. The van der Waals surface area contributed by atoms with Crippen LogP contribution < -0.4 is 14.8 Å². The van der Waals surface area contributed by atoms with Crippen molar-refractivity contribution in [3.05, 3.63) is 22.7 Å². The van der Waals surface area contributed by atoms with Crippen molar-refractivity contribution in [2.75, 3.05) is 13.1 Å². The summed E-state index contributed by atoms with van der Waals surface area (Å²) in [6.45, 7) is 5.85. The first-order chi connectivity index (χ1) is 8.05. The normalized spacial score (nSPS) is 25.2. The zero-order valence-corrected chi connectivity index (χ0v) is 10.8. The van der Waals surface area contributed by atoms with E-state index in [1.54, 1.807) is 0 Å². The Morgan fingerprint density at radius 1 is 1.29 bits per heavy atom. The molecule has 1 aromatic carbocycles. The molecule has 3 nitrogen and oxygen atoms in total. The lowest BCUT2D eigenvalue weighted by atomic mass is 9.98. The first-order valence-corrected chi connectivity index (χ1v) is 6.35. The van der Waals surface area contributed by atoms with Crippen LogP contribution in [0.2, 0.25) is 5.02 Å². The molecule has 0 spiro atoms. The van der Waals surface area contributed by atoms with Crippen molar-refractivity contribution in [1.29, 1.82) is 0 Å². The summed E-state index contributed by atoms with van der Waals surface area (Å²) >= 11 is 6.32. The third-order valence-electron chi connectivity index (χ3n) is 3.27. The number of ether oxygens (including phenoxy) is 2. The molecule has 0 amide bonds. The smallest absolute Gasteiger partial charge is 0.246 e. The van der Waals surface area contributed by atoms with E-state index in [2.05, 4.69) is 5.32 Å². The lowest BCUT2D eigenvalue weighted by molar-refractivity contribution is -0.0431. The molecule has 92 valence electrons. The summed E-state index contributed by atoms with van der Waals surface area (Å²) in [7, 11) is 0. The summed E-state index contributed by atoms with van der Waals surface area (Å²) in [6, 6.07) is 3.91. The SMILES string of the molecule is CC1(C)Oc2cc(Cl)c(C3CCNC3)cc2O1. The second-order valence-electron chi connectivity index (χ2n) is 5.11. The summed E-state index contributed by atoms with van der Waals surface area (Å²) in [4.78, 5) is 0. The van der Waals surface area contributed by atoms with E-state index in [9.17, 15) is 0 Å². The molecule has 4 heteroatoms. The van der Waals surface area contributed by atoms with E-state index in [0.717, 1.165) is 41.6 Å². The van der Waals surface area contributed by atoms with Crippen LogP contribution in [0.4, 0.5) is 0 Å². The van der Waals surface area contributed by atoms with Crippen LogP contribution in [0.3, 0.4) is 0 Å². The topological polar surface area (TPSA) is 30.5 Å². The van der Waals surface area contributed by atoms with Crippen LogP contribution in [0.5, 0.6) is 11.5 Å². The van der Waals surface area contributed by atoms with Gasteiger partial charge < -0.3 is 14.8 Å². The molecule has 0 bridgehead atoms. The van der Waals surface area contributed by atoms with Gasteiger partial charge in [-0.3, -0.25) is 0 Å². The fraction of sp³-hybridized carbons (Fsp3) is 0.538. The van der Waals surface area contributed by atoms with Crippen molar-refractivity contribution in [2.24, 2.45) is 0 Å².